The highest BCUT2D eigenvalue weighted by Gasteiger charge is 2.24. The number of nitrogens with one attached hydrogen (secondary N) is 1. The predicted octanol–water partition coefficient (Wildman–Crippen LogP) is 2.39. The van der Waals surface area contributed by atoms with Gasteiger partial charge in [0.1, 0.15) is 11.4 Å². The Bertz CT molecular complexity index is 838. The summed E-state index contributed by atoms with van der Waals surface area (Å²) in [7, 11) is 5.13. The molecule has 2 rings (SSSR count). The molecule has 0 unspecified atom stereocenters. The monoisotopic (exact) mass is 374 g/mol. The second-order valence-electron chi connectivity index (χ2n) is 5.81. The first-order valence-corrected chi connectivity index (χ1v) is 8.27. The average Bonchev–Trinajstić information content (AvgIpc) is 2.66. The minimum atomic E-state index is -0.618. The molecule has 1 heterocycles. The fourth-order valence-corrected chi connectivity index (χ4v) is 2.40. The van der Waals surface area contributed by atoms with E-state index in [2.05, 4.69) is 10.3 Å². The van der Waals surface area contributed by atoms with E-state index < -0.39 is 10.8 Å². The number of nitro groups is 1. The number of methoxy groups -OCH3 is 1. The van der Waals surface area contributed by atoms with E-state index in [4.69, 9.17) is 9.47 Å². The Morgan fingerprint density at radius 1 is 1.30 bits per heavy atom. The number of hydrogen-bond donors (Lipinski definition) is 1. The molecule has 0 radical (unpaired) electrons. The molecule has 1 N–H and O–H groups in total. The summed E-state index contributed by atoms with van der Waals surface area (Å²) < 4.78 is 10.5. The largest absolute Gasteiger partial charge is 0.493 e. The number of nitro benzene ring substituents is 1. The van der Waals surface area contributed by atoms with Gasteiger partial charge in [-0.05, 0) is 24.6 Å². The first-order chi connectivity index (χ1) is 12.9. The Hall–Kier alpha value is -3.36. The number of nitrogens with zero attached hydrogens (tertiary/aromatic N) is 3. The smallest absolute Gasteiger partial charge is 0.286 e. The molecule has 0 saturated heterocycles. The normalized spacial score (nSPS) is 10.2. The Balaban J connectivity index is 2.27. The summed E-state index contributed by atoms with van der Waals surface area (Å²) in [6.45, 7) is 2.27. The van der Waals surface area contributed by atoms with Gasteiger partial charge in [0.05, 0.1) is 24.7 Å². The van der Waals surface area contributed by atoms with Gasteiger partial charge >= 0.3 is 0 Å². The van der Waals surface area contributed by atoms with E-state index >= 15 is 0 Å². The molecule has 9 nitrogen and oxygen atoms in total. The van der Waals surface area contributed by atoms with Gasteiger partial charge in [0.15, 0.2) is 11.5 Å². The minimum Gasteiger partial charge on any atom is -0.493 e. The van der Waals surface area contributed by atoms with Crippen LogP contribution in [0.4, 0.5) is 11.5 Å². The predicted molar refractivity (Wildman–Crippen MR) is 101 cm³/mol. The molecule has 9 heteroatoms. The zero-order valence-corrected chi connectivity index (χ0v) is 15.7. The Kier molecular flexibility index (Phi) is 6.53. The Morgan fingerprint density at radius 2 is 2.04 bits per heavy atom. The van der Waals surface area contributed by atoms with Crippen molar-refractivity contribution in [1.82, 2.24) is 10.3 Å². The van der Waals surface area contributed by atoms with Crippen molar-refractivity contribution >= 4 is 17.4 Å². The number of pyridine rings is 1. The van der Waals surface area contributed by atoms with Crippen LogP contribution in [0.1, 0.15) is 22.8 Å². The number of aromatic nitrogens is 1. The van der Waals surface area contributed by atoms with Gasteiger partial charge in [-0.25, -0.2) is 4.98 Å². The van der Waals surface area contributed by atoms with E-state index in [1.807, 2.05) is 25.1 Å². The molecular formula is C18H22N4O5. The van der Waals surface area contributed by atoms with E-state index in [9.17, 15) is 14.9 Å². The zero-order valence-electron chi connectivity index (χ0n) is 15.7. The van der Waals surface area contributed by atoms with E-state index in [0.717, 1.165) is 11.4 Å². The van der Waals surface area contributed by atoms with Crippen molar-refractivity contribution in [3.63, 3.8) is 0 Å². The highest BCUT2D eigenvalue weighted by molar-refractivity contribution is 5.99. The Morgan fingerprint density at radius 3 is 2.63 bits per heavy atom. The van der Waals surface area contributed by atoms with Crippen molar-refractivity contribution in [2.75, 3.05) is 32.7 Å². The molecule has 0 aliphatic rings. The SMILES string of the molecule is CCOc1cc([N+](=O)[O-])c(C(=O)NCc2ccnc(N(C)C)c2)cc1OC. The number of carbonyl (C=O) groups is 1. The van der Waals surface area contributed by atoms with Gasteiger partial charge in [-0.1, -0.05) is 0 Å². The van der Waals surface area contributed by atoms with Crippen LogP contribution in [0.3, 0.4) is 0 Å². The molecule has 144 valence electrons. The lowest BCUT2D eigenvalue weighted by molar-refractivity contribution is -0.385. The molecule has 1 amide bonds. The van der Waals surface area contributed by atoms with Gasteiger partial charge in [-0.2, -0.15) is 0 Å². The van der Waals surface area contributed by atoms with Crippen LogP contribution >= 0.6 is 0 Å². The van der Waals surface area contributed by atoms with E-state index in [0.29, 0.717) is 6.61 Å². The summed E-state index contributed by atoms with van der Waals surface area (Å²) in [5, 5.41) is 14.1. The van der Waals surface area contributed by atoms with Crippen molar-refractivity contribution in [3.8, 4) is 11.5 Å². The van der Waals surface area contributed by atoms with Crippen LogP contribution in [0.15, 0.2) is 30.5 Å². The lowest BCUT2D eigenvalue weighted by atomic mass is 10.1. The topological polar surface area (TPSA) is 107 Å². The molecule has 0 fully saturated rings. The van der Waals surface area contributed by atoms with Crippen molar-refractivity contribution in [3.05, 3.63) is 51.7 Å². The van der Waals surface area contributed by atoms with Crippen molar-refractivity contribution in [2.45, 2.75) is 13.5 Å². The third-order valence-corrected chi connectivity index (χ3v) is 3.74. The summed E-state index contributed by atoms with van der Waals surface area (Å²) in [6.07, 6.45) is 1.64. The zero-order chi connectivity index (χ0) is 20.0. The van der Waals surface area contributed by atoms with E-state index in [1.165, 1.54) is 19.2 Å². The molecule has 1 aromatic carbocycles. The third-order valence-electron chi connectivity index (χ3n) is 3.74. The van der Waals surface area contributed by atoms with Crippen molar-refractivity contribution < 1.29 is 19.2 Å². The maximum absolute atomic E-state index is 12.6. The number of benzene rings is 1. The van der Waals surface area contributed by atoms with E-state index in [-0.39, 0.29) is 29.3 Å². The lowest BCUT2D eigenvalue weighted by Crippen LogP contribution is -2.24. The van der Waals surface area contributed by atoms with Crippen LogP contribution in [0.2, 0.25) is 0 Å². The number of carbonyl (C=O) groups excluding carboxylic acids is 1. The van der Waals surface area contributed by atoms with E-state index in [1.54, 1.807) is 19.2 Å². The molecule has 0 saturated carbocycles. The summed E-state index contributed by atoms with van der Waals surface area (Å²) >= 11 is 0. The number of rotatable bonds is 8. The van der Waals surface area contributed by atoms with Crippen LogP contribution in [0.25, 0.3) is 0 Å². The minimum absolute atomic E-state index is 0.0952. The van der Waals surface area contributed by atoms with Crippen LogP contribution in [0.5, 0.6) is 11.5 Å². The second kappa shape index (κ2) is 8.84. The van der Waals surface area contributed by atoms with Gasteiger partial charge in [0, 0.05) is 32.9 Å². The quantitative estimate of drug-likeness (QED) is 0.558. The highest BCUT2D eigenvalue weighted by atomic mass is 16.6. The van der Waals surface area contributed by atoms with Crippen LogP contribution in [0, 0.1) is 10.1 Å². The molecule has 0 bridgehead atoms. The molecule has 0 atom stereocenters. The number of ether oxygens (including phenoxy) is 2. The summed E-state index contributed by atoms with van der Waals surface area (Å²) in [5.74, 6) is 0.640. The molecule has 0 aliphatic heterocycles. The van der Waals surface area contributed by atoms with Gasteiger partial charge in [0.2, 0.25) is 0 Å². The fraction of sp³-hybridized carbons (Fsp3) is 0.333. The standard InChI is InChI=1S/C18H22N4O5/c1-5-27-16-10-14(22(24)25)13(9-15(16)26-4)18(23)20-11-12-6-7-19-17(8-12)21(2)3/h6-10H,5,11H2,1-4H3,(H,20,23). The van der Waals surface area contributed by atoms with Crippen LogP contribution in [-0.2, 0) is 6.54 Å². The molecule has 2 aromatic rings. The summed E-state index contributed by atoms with van der Waals surface area (Å²) in [6, 6.07) is 6.11. The number of amides is 1. The molecule has 27 heavy (non-hydrogen) atoms. The molecule has 0 aliphatic carbocycles. The number of hydrogen-bond acceptors (Lipinski definition) is 7. The van der Waals surface area contributed by atoms with Gasteiger partial charge < -0.3 is 19.7 Å². The third kappa shape index (κ3) is 4.84. The van der Waals surface area contributed by atoms with Gasteiger partial charge in [0.25, 0.3) is 11.6 Å². The summed E-state index contributed by atoms with van der Waals surface area (Å²) in [4.78, 5) is 29.4. The van der Waals surface area contributed by atoms with Crippen LogP contribution < -0.4 is 19.7 Å². The van der Waals surface area contributed by atoms with Crippen LogP contribution in [-0.4, -0.2) is 43.6 Å². The maximum Gasteiger partial charge on any atom is 0.286 e. The van der Waals surface area contributed by atoms with Gasteiger partial charge in [-0.3, -0.25) is 14.9 Å². The van der Waals surface area contributed by atoms with Gasteiger partial charge in [-0.15, -0.1) is 0 Å². The summed E-state index contributed by atoms with van der Waals surface area (Å²) in [5.41, 5.74) is 0.380. The Labute approximate surface area is 157 Å². The average molecular weight is 374 g/mol. The molecule has 1 aromatic heterocycles. The fourth-order valence-electron chi connectivity index (χ4n) is 2.40. The maximum atomic E-state index is 12.6. The molecule has 0 spiro atoms. The van der Waals surface area contributed by atoms with Crippen molar-refractivity contribution in [1.29, 1.82) is 0 Å². The molecular weight excluding hydrogens is 352 g/mol. The number of anilines is 1. The van der Waals surface area contributed by atoms with Crippen molar-refractivity contribution in [2.24, 2.45) is 0 Å². The highest BCUT2D eigenvalue weighted by Crippen LogP contribution is 2.34. The lowest BCUT2D eigenvalue weighted by Gasteiger charge is -2.13. The second-order valence-corrected chi connectivity index (χ2v) is 5.81. The first kappa shape index (κ1) is 20.0. The first-order valence-electron chi connectivity index (χ1n) is 8.27.